The van der Waals surface area contributed by atoms with Crippen molar-refractivity contribution in [1.82, 2.24) is 10.1 Å². The first kappa shape index (κ1) is 19.6. The van der Waals surface area contributed by atoms with Crippen molar-refractivity contribution >= 4 is 29.0 Å². The van der Waals surface area contributed by atoms with Crippen molar-refractivity contribution in [3.05, 3.63) is 68.5 Å². The largest absolute Gasteiger partial charge is 0.507 e. The zero-order valence-corrected chi connectivity index (χ0v) is 16.7. The molecule has 1 amide bonds. The van der Waals surface area contributed by atoms with Gasteiger partial charge in [0.25, 0.3) is 11.9 Å². The van der Waals surface area contributed by atoms with Crippen molar-refractivity contribution in [3.63, 3.8) is 0 Å². The van der Waals surface area contributed by atoms with Crippen molar-refractivity contribution in [2.75, 3.05) is 11.2 Å². The van der Waals surface area contributed by atoms with Gasteiger partial charge < -0.3 is 5.11 Å². The van der Waals surface area contributed by atoms with E-state index in [1.165, 1.54) is 40.4 Å². The number of para-hydroxylation sites is 1. The summed E-state index contributed by atoms with van der Waals surface area (Å²) in [6.45, 7) is 1.34. The van der Waals surface area contributed by atoms with Crippen molar-refractivity contribution in [2.45, 2.75) is 18.2 Å². The molecular weight excluding hydrogens is 410 g/mol. The lowest BCUT2D eigenvalue weighted by molar-refractivity contribution is -0.763. The molecule has 152 valence electrons. The number of nitro groups is 1. The minimum absolute atomic E-state index is 0.0744. The number of anilines is 1. The Morgan fingerprint density at radius 2 is 2.07 bits per heavy atom. The molecule has 10 nitrogen and oxygen atoms in total. The number of carbonyl (C=O) groups is 1. The van der Waals surface area contributed by atoms with E-state index in [0.29, 0.717) is 16.4 Å². The summed E-state index contributed by atoms with van der Waals surface area (Å²) in [7, 11) is 0. The number of phenolic OH excluding ortho intramolecular Hbond substituents is 1. The first-order valence-corrected chi connectivity index (χ1v) is 10.0. The number of H-pyrrole nitrogens is 1. The summed E-state index contributed by atoms with van der Waals surface area (Å²) in [5.41, 5.74) is 0.477. The Bertz CT molecular complexity index is 1260. The van der Waals surface area contributed by atoms with E-state index in [-0.39, 0.29) is 28.6 Å². The van der Waals surface area contributed by atoms with Crippen molar-refractivity contribution in [3.8, 4) is 17.0 Å². The van der Waals surface area contributed by atoms with Crippen LogP contribution in [0.4, 0.5) is 11.4 Å². The van der Waals surface area contributed by atoms with Crippen molar-refractivity contribution in [2.24, 2.45) is 0 Å². The lowest BCUT2D eigenvalue weighted by Crippen LogP contribution is -2.60. The van der Waals surface area contributed by atoms with Crippen LogP contribution in [0.3, 0.4) is 0 Å². The number of thioether (sulfide) groups is 1. The van der Waals surface area contributed by atoms with Crippen LogP contribution in [0.5, 0.6) is 5.75 Å². The number of rotatable bonds is 3. The summed E-state index contributed by atoms with van der Waals surface area (Å²) in [6.07, 6.45) is 0.630. The van der Waals surface area contributed by atoms with Gasteiger partial charge in [0, 0.05) is 24.2 Å². The zero-order valence-electron chi connectivity index (χ0n) is 15.9. The van der Waals surface area contributed by atoms with Gasteiger partial charge in [0.15, 0.2) is 0 Å². The lowest BCUT2D eigenvalue weighted by Gasteiger charge is -2.31. The van der Waals surface area contributed by atoms with Gasteiger partial charge in [-0.15, -0.1) is 0 Å². The van der Waals surface area contributed by atoms with Crippen LogP contribution in [-0.4, -0.2) is 32.3 Å². The Hall–Kier alpha value is -3.73. The highest BCUT2D eigenvalue weighted by Crippen LogP contribution is 2.40. The molecule has 0 spiro atoms. The number of aromatic nitrogens is 3. The quantitative estimate of drug-likeness (QED) is 0.283. The molecule has 0 aliphatic carbocycles. The van der Waals surface area contributed by atoms with Crippen LogP contribution in [0.1, 0.15) is 18.7 Å². The highest BCUT2D eigenvalue weighted by atomic mass is 32.2. The van der Waals surface area contributed by atoms with Crippen molar-refractivity contribution < 1.29 is 19.5 Å². The Labute approximate surface area is 173 Å². The molecule has 30 heavy (non-hydrogen) atoms. The predicted molar refractivity (Wildman–Crippen MR) is 108 cm³/mol. The minimum atomic E-state index is -1.10. The molecule has 0 bridgehead atoms. The van der Waals surface area contributed by atoms with Crippen LogP contribution < -0.4 is 15.1 Å². The minimum Gasteiger partial charge on any atom is -0.507 e. The molecule has 1 aliphatic rings. The number of non-ortho nitro benzene ring substituents is 1. The molecule has 4 rings (SSSR count). The second kappa shape index (κ2) is 7.26. The molecule has 0 saturated heterocycles. The highest BCUT2D eigenvalue weighted by Gasteiger charge is 2.46. The normalized spacial score (nSPS) is 14.7. The summed E-state index contributed by atoms with van der Waals surface area (Å²) in [5, 5.41) is 26.6. The number of nitrogens with zero attached hydrogens (tertiary/aromatic N) is 4. The summed E-state index contributed by atoms with van der Waals surface area (Å²) >= 11 is 1.19. The zero-order chi connectivity index (χ0) is 21.6. The maximum absolute atomic E-state index is 12.9. The van der Waals surface area contributed by atoms with Gasteiger partial charge >= 0.3 is 11.3 Å². The molecule has 0 radical (unpaired) electrons. The smallest absolute Gasteiger partial charge is 0.325 e. The number of aromatic hydroxyl groups is 1. The lowest BCUT2D eigenvalue weighted by atomic mass is 10.0. The second-order valence-corrected chi connectivity index (χ2v) is 7.33. The van der Waals surface area contributed by atoms with Crippen LogP contribution >= 0.6 is 11.8 Å². The number of hydrogen-bond acceptors (Lipinski definition) is 7. The van der Waals surface area contributed by atoms with Gasteiger partial charge in [-0.2, -0.15) is 0 Å². The Balaban J connectivity index is 2.12. The number of hydrogen-bond donors (Lipinski definition) is 2. The number of fused-ring (bicyclic) bond motifs is 3. The SMILES string of the molecule is CSc1n[n+]2c(c(=O)[nH]1)-c1ccccc1N(C(C)=O)[C@H]2c1cc([N+](=O)[O-])ccc1O. The first-order valence-electron chi connectivity index (χ1n) is 8.80. The molecule has 2 heterocycles. The number of carbonyl (C=O) groups excluding carboxylic acids is 1. The van der Waals surface area contributed by atoms with E-state index >= 15 is 0 Å². The van der Waals surface area contributed by atoms with E-state index in [1.54, 1.807) is 30.5 Å². The number of aromatic amines is 1. The molecule has 0 fully saturated rings. The van der Waals surface area contributed by atoms with Gasteiger partial charge in [0.05, 0.1) is 21.7 Å². The second-order valence-electron chi connectivity index (χ2n) is 6.54. The topological polar surface area (TPSA) is 133 Å². The first-order chi connectivity index (χ1) is 14.3. The van der Waals surface area contributed by atoms with Crippen LogP contribution in [0.25, 0.3) is 11.3 Å². The number of nitro benzene ring substituents is 1. The average molecular weight is 426 g/mol. The average Bonchev–Trinajstić information content (AvgIpc) is 2.72. The summed E-state index contributed by atoms with van der Waals surface area (Å²) in [4.78, 5) is 40.4. The molecule has 2 N–H and O–H groups in total. The predicted octanol–water partition coefficient (Wildman–Crippen LogP) is 1.97. The number of amides is 1. The van der Waals surface area contributed by atoms with Gasteiger partial charge in [-0.05, 0) is 29.1 Å². The third-order valence-corrected chi connectivity index (χ3v) is 5.36. The number of benzene rings is 2. The van der Waals surface area contributed by atoms with Crippen LogP contribution in [0, 0.1) is 10.1 Å². The Morgan fingerprint density at radius 1 is 1.33 bits per heavy atom. The fraction of sp³-hybridized carbons (Fsp3) is 0.158. The van der Waals surface area contributed by atoms with E-state index in [9.17, 15) is 24.8 Å². The summed E-state index contributed by atoms with van der Waals surface area (Å²) in [6, 6.07) is 10.3. The van der Waals surface area contributed by atoms with Gasteiger partial charge in [-0.25, -0.2) is 4.90 Å². The number of nitrogens with one attached hydrogen (secondary N) is 1. The van der Waals surface area contributed by atoms with E-state index in [4.69, 9.17) is 0 Å². The van der Waals surface area contributed by atoms with E-state index < -0.39 is 16.6 Å². The summed E-state index contributed by atoms with van der Waals surface area (Å²) in [5.74, 6) is -0.647. The van der Waals surface area contributed by atoms with Crippen LogP contribution in [0.15, 0.2) is 52.4 Å². The molecule has 1 atom stereocenters. The molecule has 0 unspecified atom stereocenters. The van der Waals surface area contributed by atoms with Crippen molar-refractivity contribution in [1.29, 1.82) is 0 Å². The van der Waals surface area contributed by atoms with Gasteiger partial charge in [-0.3, -0.25) is 24.7 Å². The number of phenols is 1. The van der Waals surface area contributed by atoms with Gasteiger partial charge in [-0.1, -0.05) is 23.9 Å². The molecular formula is C19H16N5O5S+. The van der Waals surface area contributed by atoms with Crippen LogP contribution in [-0.2, 0) is 4.79 Å². The third-order valence-electron chi connectivity index (χ3n) is 4.79. The molecule has 3 aromatic rings. The fourth-order valence-electron chi connectivity index (χ4n) is 3.55. The fourth-order valence-corrected chi connectivity index (χ4v) is 3.91. The van der Waals surface area contributed by atoms with Gasteiger partial charge in [0.1, 0.15) is 5.75 Å². The van der Waals surface area contributed by atoms with E-state index in [2.05, 4.69) is 10.1 Å². The molecule has 1 aliphatic heterocycles. The Kier molecular flexibility index (Phi) is 4.74. The monoisotopic (exact) mass is 426 g/mol. The maximum atomic E-state index is 12.9. The highest BCUT2D eigenvalue weighted by molar-refractivity contribution is 7.98. The molecule has 0 saturated carbocycles. The summed E-state index contributed by atoms with van der Waals surface area (Å²) < 4.78 is 1.33. The third kappa shape index (κ3) is 2.99. The standard InChI is InChI=1S/C19H15N5O5S/c1-10(25)22-14-6-4-3-5-12(14)16-17(27)20-19(30-2)21-23(16)18(22)13-9-11(24(28)29)7-8-15(13)26/h3-9,18H,1-2H3,(H-,20,21,26,27)/p+1/t18-/m1/s1. The van der Waals surface area contributed by atoms with Crippen LogP contribution in [0.2, 0.25) is 0 Å². The van der Waals surface area contributed by atoms with Gasteiger partial charge in [0.2, 0.25) is 11.1 Å². The Morgan fingerprint density at radius 3 is 2.73 bits per heavy atom. The maximum Gasteiger partial charge on any atom is 0.325 e. The van der Waals surface area contributed by atoms with E-state index in [1.807, 2.05) is 0 Å². The molecule has 2 aromatic carbocycles. The van der Waals surface area contributed by atoms with E-state index in [0.717, 1.165) is 6.07 Å². The molecule has 1 aromatic heterocycles. The molecule has 11 heteroatoms.